The van der Waals surface area contributed by atoms with Gasteiger partial charge in [0, 0.05) is 18.8 Å². The van der Waals surface area contributed by atoms with Crippen molar-refractivity contribution in [2.75, 3.05) is 31.6 Å². The van der Waals surface area contributed by atoms with Crippen LogP contribution in [0.25, 0.3) is 0 Å². The van der Waals surface area contributed by atoms with Crippen LogP contribution >= 0.6 is 15.9 Å². The lowest BCUT2D eigenvalue weighted by molar-refractivity contribution is 0.0729. The molecule has 0 saturated carbocycles. The smallest absolute Gasteiger partial charge is 0.291 e. The van der Waals surface area contributed by atoms with E-state index in [4.69, 9.17) is 9.15 Å². The number of rotatable bonds is 4. The molecule has 1 aromatic carbocycles. The molecule has 0 unspecified atom stereocenters. The molecule has 1 N–H and O–H groups in total. The Kier molecular flexibility index (Phi) is 5.23. The van der Waals surface area contributed by atoms with Gasteiger partial charge in [0.1, 0.15) is 10.7 Å². The summed E-state index contributed by atoms with van der Waals surface area (Å²) in [4.78, 5) is 11.6. The number of hydrogen-bond donors (Lipinski definition) is 1. The number of carbonyl (C=O) groups is 1. The second-order valence-electron chi connectivity index (χ2n) is 5.22. The summed E-state index contributed by atoms with van der Waals surface area (Å²) in [6, 6.07) is 6.38. The molecule has 2 aromatic rings. The number of anilines is 1. The molecule has 0 atom stereocenters. The van der Waals surface area contributed by atoms with E-state index in [2.05, 4.69) is 21.2 Å². The van der Waals surface area contributed by atoms with E-state index in [1.165, 1.54) is 12.1 Å². The molecular formula is C15H14BrFN2O5S. The van der Waals surface area contributed by atoms with E-state index in [9.17, 15) is 17.6 Å². The number of carbonyl (C=O) groups excluding carboxylic acids is 1. The first-order valence-electron chi connectivity index (χ1n) is 7.32. The molecule has 25 heavy (non-hydrogen) atoms. The minimum absolute atomic E-state index is 0.0359. The van der Waals surface area contributed by atoms with Gasteiger partial charge in [-0.05, 0) is 46.3 Å². The van der Waals surface area contributed by atoms with Crippen molar-refractivity contribution in [3.05, 3.63) is 46.6 Å². The Labute approximate surface area is 151 Å². The summed E-state index contributed by atoms with van der Waals surface area (Å²) in [5.74, 6) is -1.42. The van der Waals surface area contributed by atoms with Gasteiger partial charge >= 0.3 is 0 Å². The third-order valence-corrected chi connectivity index (χ3v) is 5.91. The van der Waals surface area contributed by atoms with E-state index < -0.39 is 26.6 Å². The fraction of sp³-hybridized carbons (Fsp3) is 0.267. The van der Waals surface area contributed by atoms with Crippen molar-refractivity contribution < 1.29 is 26.8 Å². The van der Waals surface area contributed by atoms with Gasteiger partial charge in [-0.3, -0.25) is 4.79 Å². The Balaban J connectivity index is 1.86. The number of ether oxygens (including phenoxy) is 1. The van der Waals surface area contributed by atoms with Crippen molar-refractivity contribution in [1.29, 1.82) is 0 Å². The molecule has 134 valence electrons. The van der Waals surface area contributed by atoms with Crippen molar-refractivity contribution in [3.63, 3.8) is 0 Å². The lowest BCUT2D eigenvalue weighted by Crippen LogP contribution is -2.40. The van der Waals surface area contributed by atoms with Crippen molar-refractivity contribution in [2.24, 2.45) is 0 Å². The van der Waals surface area contributed by atoms with Crippen LogP contribution in [0.1, 0.15) is 10.6 Å². The van der Waals surface area contributed by atoms with E-state index in [1.54, 1.807) is 6.07 Å². The first kappa shape index (κ1) is 18.1. The number of morpholine rings is 1. The average molecular weight is 433 g/mol. The average Bonchev–Trinajstić information content (AvgIpc) is 3.04. The zero-order chi connectivity index (χ0) is 18.0. The molecule has 7 nitrogen and oxygen atoms in total. The molecular weight excluding hydrogens is 419 g/mol. The van der Waals surface area contributed by atoms with Gasteiger partial charge in [-0.25, -0.2) is 12.8 Å². The zero-order valence-corrected chi connectivity index (χ0v) is 15.3. The van der Waals surface area contributed by atoms with Crippen LogP contribution in [-0.2, 0) is 14.8 Å². The predicted molar refractivity (Wildman–Crippen MR) is 90.3 cm³/mol. The Hall–Kier alpha value is -1.75. The van der Waals surface area contributed by atoms with E-state index in [1.807, 2.05) is 0 Å². The Morgan fingerprint density at radius 2 is 1.92 bits per heavy atom. The number of amides is 1. The summed E-state index contributed by atoms with van der Waals surface area (Å²) in [6.07, 6.45) is 0. The minimum Gasteiger partial charge on any atom is -0.444 e. The summed E-state index contributed by atoms with van der Waals surface area (Å²) >= 11 is 3.09. The topological polar surface area (TPSA) is 88.9 Å². The summed E-state index contributed by atoms with van der Waals surface area (Å²) in [6.45, 7) is 0.812. The zero-order valence-electron chi connectivity index (χ0n) is 12.9. The third-order valence-electron chi connectivity index (χ3n) is 3.57. The van der Waals surface area contributed by atoms with Crippen molar-refractivity contribution >= 4 is 37.5 Å². The maximum atomic E-state index is 14.1. The van der Waals surface area contributed by atoms with Gasteiger partial charge in [0.15, 0.2) is 10.4 Å². The lowest BCUT2D eigenvalue weighted by Gasteiger charge is -2.26. The van der Waals surface area contributed by atoms with Gasteiger partial charge in [0.25, 0.3) is 5.91 Å². The number of furan rings is 1. The maximum absolute atomic E-state index is 14.1. The van der Waals surface area contributed by atoms with Crippen LogP contribution in [0, 0.1) is 5.82 Å². The molecule has 10 heteroatoms. The predicted octanol–water partition coefficient (Wildman–Crippen LogP) is 2.45. The number of sulfonamides is 1. The molecule has 1 amide bonds. The van der Waals surface area contributed by atoms with Crippen LogP contribution in [0.5, 0.6) is 0 Å². The molecule has 1 aromatic heterocycles. The van der Waals surface area contributed by atoms with Gasteiger partial charge in [-0.15, -0.1) is 0 Å². The second kappa shape index (κ2) is 7.24. The summed E-state index contributed by atoms with van der Waals surface area (Å²) in [7, 11) is -4.02. The van der Waals surface area contributed by atoms with Crippen LogP contribution in [-0.4, -0.2) is 44.9 Å². The lowest BCUT2D eigenvalue weighted by atomic mass is 10.3. The Morgan fingerprint density at radius 1 is 1.20 bits per heavy atom. The van der Waals surface area contributed by atoms with E-state index in [-0.39, 0.29) is 37.8 Å². The molecule has 3 rings (SSSR count). The molecule has 1 aliphatic heterocycles. The largest absolute Gasteiger partial charge is 0.444 e. The number of hydrogen-bond acceptors (Lipinski definition) is 5. The highest BCUT2D eigenvalue weighted by atomic mass is 79.9. The Bertz CT molecular complexity index is 893. The van der Waals surface area contributed by atoms with Crippen LogP contribution in [0.4, 0.5) is 10.1 Å². The van der Waals surface area contributed by atoms with Gasteiger partial charge < -0.3 is 14.5 Å². The van der Waals surface area contributed by atoms with Gasteiger partial charge in [-0.2, -0.15) is 4.31 Å². The van der Waals surface area contributed by atoms with Crippen molar-refractivity contribution in [3.8, 4) is 0 Å². The number of benzene rings is 1. The number of nitrogens with zero attached hydrogens (tertiary/aromatic N) is 1. The fourth-order valence-corrected chi connectivity index (χ4v) is 4.14. The first-order chi connectivity index (χ1) is 11.9. The molecule has 0 bridgehead atoms. The molecule has 1 fully saturated rings. The third kappa shape index (κ3) is 3.92. The SMILES string of the molecule is O=C(Nc1ccc(F)c(S(=O)(=O)N2CCOCC2)c1)c1ccc(Br)o1. The van der Waals surface area contributed by atoms with Gasteiger partial charge in [0.05, 0.1) is 13.2 Å². The highest BCUT2D eigenvalue weighted by molar-refractivity contribution is 9.10. The van der Waals surface area contributed by atoms with Crippen LogP contribution in [0.3, 0.4) is 0 Å². The van der Waals surface area contributed by atoms with E-state index >= 15 is 0 Å². The highest BCUT2D eigenvalue weighted by Gasteiger charge is 2.29. The summed E-state index contributed by atoms with van der Waals surface area (Å²) in [5.41, 5.74) is 0.144. The van der Waals surface area contributed by atoms with E-state index in [0.717, 1.165) is 16.4 Å². The van der Waals surface area contributed by atoms with E-state index in [0.29, 0.717) is 4.67 Å². The fourth-order valence-electron chi connectivity index (χ4n) is 2.33. The number of halogens is 2. The van der Waals surface area contributed by atoms with Crippen molar-refractivity contribution in [1.82, 2.24) is 4.31 Å². The Morgan fingerprint density at radius 3 is 2.56 bits per heavy atom. The minimum atomic E-state index is -4.02. The number of nitrogens with one attached hydrogen (secondary N) is 1. The van der Waals surface area contributed by atoms with Crippen LogP contribution in [0.15, 0.2) is 44.3 Å². The summed E-state index contributed by atoms with van der Waals surface area (Å²) in [5, 5.41) is 2.49. The standard InChI is InChI=1S/C15H14BrFN2O5S/c16-14-4-3-12(24-14)15(20)18-10-1-2-11(17)13(9-10)25(21,22)19-5-7-23-8-6-19/h1-4,9H,5-8H2,(H,18,20). The van der Waals surface area contributed by atoms with Crippen LogP contribution in [0.2, 0.25) is 0 Å². The first-order valence-corrected chi connectivity index (χ1v) is 9.55. The maximum Gasteiger partial charge on any atom is 0.291 e. The molecule has 0 radical (unpaired) electrons. The molecule has 1 saturated heterocycles. The monoisotopic (exact) mass is 432 g/mol. The van der Waals surface area contributed by atoms with Crippen LogP contribution < -0.4 is 5.32 Å². The van der Waals surface area contributed by atoms with Crippen molar-refractivity contribution in [2.45, 2.75) is 4.90 Å². The second-order valence-corrected chi connectivity index (χ2v) is 7.91. The molecule has 2 heterocycles. The van der Waals surface area contributed by atoms with Gasteiger partial charge in [-0.1, -0.05) is 0 Å². The normalized spacial score (nSPS) is 15.9. The molecule has 0 spiro atoms. The quantitative estimate of drug-likeness (QED) is 0.801. The highest BCUT2D eigenvalue weighted by Crippen LogP contribution is 2.24. The molecule has 0 aliphatic carbocycles. The molecule has 1 aliphatic rings. The van der Waals surface area contributed by atoms with Gasteiger partial charge in [0.2, 0.25) is 10.0 Å². The summed E-state index contributed by atoms with van der Waals surface area (Å²) < 4.78 is 51.1.